The molecule has 0 aromatic heterocycles. The van der Waals surface area contributed by atoms with Crippen molar-refractivity contribution in [3.8, 4) is 0 Å². The highest BCUT2D eigenvalue weighted by atomic mass is 14.7. The van der Waals surface area contributed by atoms with E-state index in [9.17, 15) is 0 Å². The van der Waals surface area contributed by atoms with Gasteiger partial charge >= 0.3 is 0 Å². The lowest BCUT2D eigenvalue weighted by Gasteiger charge is -2.24. The van der Waals surface area contributed by atoms with Gasteiger partial charge in [-0.2, -0.15) is 0 Å². The molecule has 0 aromatic rings. The van der Waals surface area contributed by atoms with Crippen LogP contribution in [0.15, 0.2) is 0 Å². The fourth-order valence-electron chi connectivity index (χ4n) is 2.43. The molecule has 0 aliphatic heterocycles. The van der Waals surface area contributed by atoms with E-state index in [1.54, 1.807) is 0 Å². The van der Waals surface area contributed by atoms with E-state index >= 15 is 0 Å². The molecule has 2 N–H and O–H groups in total. The van der Waals surface area contributed by atoms with Crippen LogP contribution in [0.2, 0.25) is 0 Å². The van der Waals surface area contributed by atoms with E-state index in [0.717, 1.165) is 11.8 Å². The molecule has 2 bridgehead atoms. The third-order valence-electron chi connectivity index (χ3n) is 3.10. The lowest BCUT2D eigenvalue weighted by Crippen LogP contribution is -2.31. The van der Waals surface area contributed by atoms with Crippen molar-refractivity contribution in [2.45, 2.75) is 38.1 Å². The van der Waals surface area contributed by atoms with Gasteiger partial charge in [-0.25, -0.2) is 0 Å². The van der Waals surface area contributed by atoms with Crippen molar-refractivity contribution in [1.82, 2.24) is 0 Å². The highest BCUT2D eigenvalue weighted by molar-refractivity contribution is 4.88. The van der Waals surface area contributed by atoms with Crippen molar-refractivity contribution >= 4 is 0 Å². The van der Waals surface area contributed by atoms with Gasteiger partial charge in [0.15, 0.2) is 0 Å². The Morgan fingerprint density at radius 3 is 2.56 bits per heavy atom. The lowest BCUT2D eigenvalue weighted by molar-refractivity contribution is 0.314. The predicted molar refractivity (Wildman–Crippen MR) is 38.0 cm³/mol. The van der Waals surface area contributed by atoms with E-state index in [-0.39, 0.29) is 0 Å². The topological polar surface area (TPSA) is 26.0 Å². The van der Waals surface area contributed by atoms with Gasteiger partial charge in [-0.05, 0) is 37.5 Å². The summed E-state index contributed by atoms with van der Waals surface area (Å²) in [4.78, 5) is 0. The minimum Gasteiger partial charge on any atom is -0.327 e. The Morgan fingerprint density at radius 2 is 1.78 bits per heavy atom. The zero-order valence-corrected chi connectivity index (χ0v) is 5.84. The summed E-state index contributed by atoms with van der Waals surface area (Å²) in [6.45, 7) is 0. The maximum atomic E-state index is 5.92. The molecule has 0 saturated heterocycles. The van der Waals surface area contributed by atoms with Crippen molar-refractivity contribution < 1.29 is 0 Å². The predicted octanol–water partition coefficient (Wildman–Crippen LogP) is 1.52. The SMILES string of the molecule is N[C@@H]1CCC2CCC1C2. The minimum absolute atomic E-state index is 0.559. The maximum Gasteiger partial charge on any atom is 0.00673 e. The van der Waals surface area contributed by atoms with Crippen LogP contribution in [0, 0.1) is 11.8 Å². The first kappa shape index (κ1) is 5.72. The summed E-state index contributed by atoms with van der Waals surface area (Å²) in [7, 11) is 0. The van der Waals surface area contributed by atoms with Gasteiger partial charge in [-0.15, -0.1) is 0 Å². The standard InChI is InChI=1S/C8H15N/c9-8-4-2-6-1-3-7(8)5-6/h6-8H,1-5,9H2/t6?,7?,8-/m1/s1. The summed E-state index contributed by atoms with van der Waals surface area (Å²) in [5.74, 6) is 1.97. The van der Waals surface area contributed by atoms with E-state index in [4.69, 9.17) is 5.73 Å². The Bertz CT molecular complexity index is 111. The van der Waals surface area contributed by atoms with Crippen LogP contribution in [0.4, 0.5) is 0 Å². The van der Waals surface area contributed by atoms with Gasteiger partial charge in [0.25, 0.3) is 0 Å². The van der Waals surface area contributed by atoms with E-state index in [1.807, 2.05) is 0 Å². The quantitative estimate of drug-likeness (QED) is 0.522. The second-order valence-corrected chi connectivity index (χ2v) is 3.68. The number of hydrogen-bond acceptors (Lipinski definition) is 1. The van der Waals surface area contributed by atoms with Gasteiger partial charge in [-0.3, -0.25) is 0 Å². The van der Waals surface area contributed by atoms with Crippen LogP contribution in [0.3, 0.4) is 0 Å². The number of hydrogen-bond donors (Lipinski definition) is 1. The summed E-state index contributed by atoms with van der Waals surface area (Å²) in [5, 5.41) is 0. The Kier molecular flexibility index (Phi) is 1.26. The third-order valence-corrected chi connectivity index (χ3v) is 3.10. The van der Waals surface area contributed by atoms with E-state index in [2.05, 4.69) is 0 Å². The Balaban J connectivity index is 2.05. The maximum absolute atomic E-state index is 5.92. The summed E-state index contributed by atoms with van der Waals surface area (Å²) < 4.78 is 0. The van der Waals surface area contributed by atoms with Crippen LogP contribution < -0.4 is 5.73 Å². The molecule has 2 fully saturated rings. The number of nitrogens with two attached hydrogens (primary N) is 1. The summed E-state index contributed by atoms with van der Waals surface area (Å²) in [6, 6.07) is 0.559. The van der Waals surface area contributed by atoms with Crippen LogP contribution in [0.5, 0.6) is 0 Å². The molecule has 0 heterocycles. The second kappa shape index (κ2) is 1.98. The average Bonchev–Trinajstić information content (AvgIpc) is 2.25. The van der Waals surface area contributed by atoms with Crippen molar-refractivity contribution in [1.29, 1.82) is 0 Å². The van der Waals surface area contributed by atoms with Crippen LogP contribution >= 0.6 is 0 Å². The molecule has 0 aromatic carbocycles. The van der Waals surface area contributed by atoms with Crippen LogP contribution in [0.1, 0.15) is 32.1 Å². The molecule has 2 aliphatic carbocycles. The van der Waals surface area contributed by atoms with Gasteiger partial charge in [0, 0.05) is 6.04 Å². The highest BCUT2D eigenvalue weighted by Crippen LogP contribution is 2.40. The van der Waals surface area contributed by atoms with Crippen LogP contribution in [-0.2, 0) is 0 Å². The van der Waals surface area contributed by atoms with E-state index < -0.39 is 0 Å². The minimum atomic E-state index is 0.559. The van der Waals surface area contributed by atoms with Crippen molar-refractivity contribution in [3.63, 3.8) is 0 Å². The first-order valence-electron chi connectivity index (χ1n) is 4.12. The second-order valence-electron chi connectivity index (χ2n) is 3.68. The molecule has 2 unspecified atom stereocenters. The Hall–Kier alpha value is -0.0400. The van der Waals surface area contributed by atoms with Gasteiger partial charge in [0.2, 0.25) is 0 Å². The molecule has 0 radical (unpaired) electrons. The van der Waals surface area contributed by atoms with E-state index in [0.29, 0.717) is 6.04 Å². The third kappa shape index (κ3) is 0.877. The van der Waals surface area contributed by atoms with Crippen molar-refractivity contribution in [2.75, 3.05) is 0 Å². The first-order valence-corrected chi connectivity index (χ1v) is 4.12. The highest BCUT2D eigenvalue weighted by Gasteiger charge is 2.33. The Labute approximate surface area is 56.6 Å². The van der Waals surface area contributed by atoms with Crippen LogP contribution in [-0.4, -0.2) is 6.04 Å². The van der Waals surface area contributed by atoms with Crippen LogP contribution in [0.25, 0.3) is 0 Å². The molecule has 2 saturated carbocycles. The van der Waals surface area contributed by atoms with Crippen molar-refractivity contribution in [2.24, 2.45) is 17.6 Å². The molecule has 0 amide bonds. The molecule has 3 atom stereocenters. The normalized spacial score (nSPS) is 49.7. The molecule has 52 valence electrons. The zero-order valence-electron chi connectivity index (χ0n) is 5.84. The molecular formula is C8H15N. The number of rotatable bonds is 0. The average molecular weight is 125 g/mol. The largest absolute Gasteiger partial charge is 0.327 e. The molecular weight excluding hydrogens is 110 g/mol. The fourth-order valence-corrected chi connectivity index (χ4v) is 2.43. The van der Waals surface area contributed by atoms with E-state index in [1.165, 1.54) is 32.1 Å². The molecule has 1 nitrogen and oxygen atoms in total. The monoisotopic (exact) mass is 125 g/mol. The number of fused-ring (bicyclic) bond motifs is 2. The first-order chi connectivity index (χ1) is 4.36. The lowest BCUT2D eigenvalue weighted by atomic mass is 9.86. The molecule has 2 aliphatic rings. The Morgan fingerprint density at radius 1 is 1.00 bits per heavy atom. The fraction of sp³-hybridized carbons (Fsp3) is 1.00. The molecule has 1 heteroatoms. The smallest absolute Gasteiger partial charge is 0.00673 e. The van der Waals surface area contributed by atoms with Gasteiger partial charge in [-0.1, -0.05) is 6.42 Å². The summed E-state index contributed by atoms with van der Waals surface area (Å²) >= 11 is 0. The van der Waals surface area contributed by atoms with Gasteiger partial charge in [0.05, 0.1) is 0 Å². The van der Waals surface area contributed by atoms with Gasteiger partial charge < -0.3 is 5.73 Å². The zero-order chi connectivity index (χ0) is 6.27. The summed E-state index contributed by atoms with van der Waals surface area (Å²) in [6.07, 6.45) is 7.05. The molecule has 9 heavy (non-hydrogen) atoms. The summed E-state index contributed by atoms with van der Waals surface area (Å²) in [5.41, 5.74) is 5.92. The van der Waals surface area contributed by atoms with Crippen molar-refractivity contribution in [3.05, 3.63) is 0 Å². The molecule has 2 rings (SSSR count). The van der Waals surface area contributed by atoms with Gasteiger partial charge in [0.1, 0.15) is 0 Å². The molecule has 0 spiro atoms.